The zero-order valence-corrected chi connectivity index (χ0v) is 11.0. The fourth-order valence-electron chi connectivity index (χ4n) is 1.55. The number of rotatable bonds is 3. The van der Waals surface area contributed by atoms with Gasteiger partial charge in [-0.25, -0.2) is 9.97 Å². The van der Waals surface area contributed by atoms with Crippen molar-refractivity contribution < 1.29 is 4.74 Å². The molecule has 0 aliphatic carbocycles. The van der Waals surface area contributed by atoms with E-state index in [4.69, 9.17) is 22.1 Å². The molecule has 1 aromatic heterocycles. The number of anilines is 1. The van der Waals surface area contributed by atoms with Gasteiger partial charge in [0.05, 0.1) is 5.56 Å². The van der Waals surface area contributed by atoms with Crippen molar-refractivity contribution in [2.45, 2.75) is 20.3 Å². The Labute approximate surface area is 111 Å². The number of hydrogen-bond donors (Lipinski definition) is 1. The summed E-state index contributed by atoms with van der Waals surface area (Å²) in [6, 6.07) is 5.52. The summed E-state index contributed by atoms with van der Waals surface area (Å²) in [5, 5.41) is 0.740. The topological polar surface area (TPSA) is 61.0 Å². The summed E-state index contributed by atoms with van der Waals surface area (Å²) in [6.07, 6.45) is 2.23. The van der Waals surface area contributed by atoms with Crippen LogP contribution in [0.2, 0.25) is 5.02 Å². The number of halogens is 1. The minimum atomic E-state index is 0.421. The first-order valence-corrected chi connectivity index (χ1v) is 6.03. The molecule has 0 fully saturated rings. The van der Waals surface area contributed by atoms with Gasteiger partial charge in [0.15, 0.2) is 0 Å². The molecule has 4 nitrogen and oxygen atoms in total. The van der Waals surface area contributed by atoms with Crippen molar-refractivity contribution in [3.05, 3.63) is 40.7 Å². The summed E-state index contributed by atoms with van der Waals surface area (Å²) >= 11 is 6.05. The highest BCUT2D eigenvalue weighted by Crippen LogP contribution is 2.28. The molecule has 1 aromatic carbocycles. The maximum absolute atomic E-state index is 6.05. The third kappa shape index (κ3) is 2.54. The molecule has 18 heavy (non-hydrogen) atoms. The lowest BCUT2D eigenvalue weighted by Crippen LogP contribution is -1.99. The number of ether oxygens (including phenoxy) is 1. The lowest BCUT2D eigenvalue weighted by atomic mass is 10.1. The predicted molar refractivity (Wildman–Crippen MR) is 72.1 cm³/mol. The molecule has 0 amide bonds. The number of hydrogen-bond acceptors (Lipinski definition) is 4. The zero-order chi connectivity index (χ0) is 13.1. The van der Waals surface area contributed by atoms with Crippen LogP contribution < -0.4 is 10.5 Å². The maximum Gasteiger partial charge on any atom is 0.227 e. The maximum atomic E-state index is 6.05. The van der Waals surface area contributed by atoms with Crippen LogP contribution in [-0.4, -0.2) is 9.97 Å². The highest BCUT2D eigenvalue weighted by molar-refractivity contribution is 6.31. The van der Waals surface area contributed by atoms with E-state index in [9.17, 15) is 0 Å². The molecular formula is C13H14ClN3O. The fraction of sp³-hybridized carbons (Fsp3) is 0.231. The fourth-order valence-corrected chi connectivity index (χ4v) is 1.80. The number of benzene rings is 1. The second kappa shape index (κ2) is 5.23. The molecule has 1 heterocycles. The van der Waals surface area contributed by atoms with E-state index in [1.807, 2.05) is 26.0 Å². The summed E-state index contributed by atoms with van der Waals surface area (Å²) in [5.41, 5.74) is 7.47. The van der Waals surface area contributed by atoms with Gasteiger partial charge in [-0.2, -0.15) is 0 Å². The second-order valence-electron chi connectivity index (χ2n) is 3.90. The van der Waals surface area contributed by atoms with E-state index in [2.05, 4.69) is 9.97 Å². The van der Waals surface area contributed by atoms with Crippen molar-refractivity contribution in [2.24, 2.45) is 0 Å². The Morgan fingerprint density at radius 3 is 2.83 bits per heavy atom. The van der Waals surface area contributed by atoms with Gasteiger partial charge in [-0.15, -0.1) is 0 Å². The van der Waals surface area contributed by atoms with E-state index < -0.39 is 0 Å². The van der Waals surface area contributed by atoms with Crippen LogP contribution in [0, 0.1) is 6.92 Å². The largest absolute Gasteiger partial charge is 0.439 e. The molecule has 0 aliphatic rings. The Morgan fingerprint density at radius 2 is 2.11 bits per heavy atom. The molecule has 5 heteroatoms. The average Bonchev–Trinajstić information content (AvgIpc) is 2.37. The van der Waals surface area contributed by atoms with E-state index >= 15 is 0 Å². The van der Waals surface area contributed by atoms with Crippen LogP contribution >= 0.6 is 11.6 Å². The van der Waals surface area contributed by atoms with E-state index in [1.165, 1.54) is 6.33 Å². The van der Waals surface area contributed by atoms with Crippen LogP contribution in [0.15, 0.2) is 24.5 Å². The van der Waals surface area contributed by atoms with Gasteiger partial charge in [0.25, 0.3) is 0 Å². The molecule has 0 saturated carbocycles. The molecular weight excluding hydrogens is 250 g/mol. The Balaban J connectivity index is 2.31. The smallest absolute Gasteiger partial charge is 0.227 e. The highest BCUT2D eigenvalue weighted by Gasteiger charge is 2.08. The Morgan fingerprint density at radius 1 is 1.33 bits per heavy atom. The van der Waals surface area contributed by atoms with Gasteiger partial charge in [-0.05, 0) is 37.1 Å². The summed E-state index contributed by atoms with van der Waals surface area (Å²) in [4.78, 5) is 7.96. The molecule has 2 N–H and O–H groups in total. The minimum Gasteiger partial charge on any atom is -0.439 e. The van der Waals surface area contributed by atoms with E-state index in [0.29, 0.717) is 17.4 Å². The van der Waals surface area contributed by atoms with Crippen molar-refractivity contribution >= 4 is 17.4 Å². The molecule has 0 radical (unpaired) electrons. The van der Waals surface area contributed by atoms with Crippen LogP contribution in [0.25, 0.3) is 0 Å². The van der Waals surface area contributed by atoms with Gasteiger partial charge in [-0.3, -0.25) is 0 Å². The van der Waals surface area contributed by atoms with Gasteiger partial charge in [0, 0.05) is 5.02 Å². The summed E-state index contributed by atoms with van der Waals surface area (Å²) in [7, 11) is 0. The molecule has 0 unspecified atom stereocenters. The Bertz CT molecular complexity index is 572. The van der Waals surface area contributed by atoms with Gasteiger partial charge in [0.2, 0.25) is 5.88 Å². The van der Waals surface area contributed by atoms with Crippen LogP contribution in [0.1, 0.15) is 18.1 Å². The van der Waals surface area contributed by atoms with Crippen molar-refractivity contribution in [1.29, 1.82) is 0 Å². The monoisotopic (exact) mass is 263 g/mol. The second-order valence-corrected chi connectivity index (χ2v) is 4.31. The molecule has 94 valence electrons. The highest BCUT2D eigenvalue weighted by atomic mass is 35.5. The normalized spacial score (nSPS) is 10.4. The number of nitrogen functional groups attached to an aromatic ring is 1. The van der Waals surface area contributed by atoms with Crippen LogP contribution in [0.4, 0.5) is 5.82 Å². The van der Waals surface area contributed by atoms with E-state index in [0.717, 1.165) is 22.6 Å². The van der Waals surface area contributed by atoms with Crippen LogP contribution in [-0.2, 0) is 6.42 Å². The first-order valence-electron chi connectivity index (χ1n) is 5.65. The van der Waals surface area contributed by atoms with Gasteiger partial charge >= 0.3 is 0 Å². The molecule has 0 aliphatic heterocycles. The minimum absolute atomic E-state index is 0.421. The molecule has 2 rings (SSSR count). The molecule has 0 saturated heterocycles. The van der Waals surface area contributed by atoms with E-state index in [-0.39, 0.29) is 0 Å². The number of aryl methyl sites for hydroxylation is 1. The first-order chi connectivity index (χ1) is 8.61. The zero-order valence-electron chi connectivity index (χ0n) is 10.3. The van der Waals surface area contributed by atoms with Crippen molar-refractivity contribution in [3.8, 4) is 11.6 Å². The Kier molecular flexibility index (Phi) is 3.67. The Hall–Kier alpha value is -1.81. The summed E-state index contributed by atoms with van der Waals surface area (Å²) in [5.74, 6) is 1.58. The average molecular weight is 264 g/mol. The van der Waals surface area contributed by atoms with Gasteiger partial charge in [0.1, 0.15) is 17.9 Å². The van der Waals surface area contributed by atoms with Crippen molar-refractivity contribution in [2.75, 3.05) is 5.73 Å². The molecule has 0 bridgehead atoms. The SMILES string of the molecule is CCc1cc(Oc2ncnc(N)c2C)ccc1Cl. The van der Waals surface area contributed by atoms with Gasteiger partial charge in [-0.1, -0.05) is 18.5 Å². The molecule has 2 aromatic rings. The number of nitrogens with two attached hydrogens (primary N) is 1. The van der Waals surface area contributed by atoms with E-state index in [1.54, 1.807) is 6.07 Å². The summed E-state index contributed by atoms with van der Waals surface area (Å²) in [6.45, 7) is 3.86. The van der Waals surface area contributed by atoms with Crippen molar-refractivity contribution in [1.82, 2.24) is 9.97 Å². The lowest BCUT2D eigenvalue weighted by molar-refractivity contribution is 0.457. The van der Waals surface area contributed by atoms with Crippen LogP contribution in [0.3, 0.4) is 0 Å². The van der Waals surface area contributed by atoms with Gasteiger partial charge < -0.3 is 10.5 Å². The quantitative estimate of drug-likeness (QED) is 0.922. The predicted octanol–water partition coefficient (Wildman–Crippen LogP) is 3.38. The third-order valence-electron chi connectivity index (χ3n) is 2.69. The summed E-state index contributed by atoms with van der Waals surface area (Å²) < 4.78 is 5.70. The third-order valence-corrected chi connectivity index (χ3v) is 3.06. The van der Waals surface area contributed by atoms with Crippen molar-refractivity contribution in [3.63, 3.8) is 0 Å². The number of aromatic nitrogens is 2. The molecule has 0 spiro atoms. The lowest BCUT2D eigenvalue weighted by Gasteiger charge is -2.10. The molecule has 0 atom stereocenters. The first kappa shape index (κ1) is 12.6. The standard InChI is InChI=1S/C13H14ClN3O/c1-3-9-6-10(4-5-11(9)14)18-13-8(2)12(15)16-7-17-13/h4-7H,3H2,1-2H3,(H2,15,16,17). The van der Waals surface area contributed by atoms with Crippen LogP contribution in [0.5, 0.6) is 11.6 Å². The number of nitrogens with zero attached hydrogens (tertiary/aromatic N) is 2.